The summed E-state index contributed by atoms with van der Waals surface area (Å²) in [6, 6.07) is 3.48. The maximum Gasteiger partial charge on any atom is 0.203 e. The topological polar surface area (TPSA) is 65.7 Å². The first kappa shape index (κ1) is 15.2. The zero-order valence-corrected chi connectivity index (χ0v) is 12.5. The fourth-order valence-corrected chi connectivity index (χ4v) is 2.04. The number of hydrogen-bond acceptors (Lipinski definition) is 5. The van der Waals surface area contributed by atoms with E-state index in [0.717, 1.165) is 12.0 Å². The standard InChI is InChI=1S/C15H20N2O4/c1-17-9-11(8-16-17)4-5-21-15-13(19-2)6-12(10-18)7-14(15)20-3/h6-9,18H,4-5,10H2,1-3H3. The molecule has 0 amide bonds. The van der Waals surface area contributed by atoms with Crippen molar-refractivity contribution in [2.75, 3.05) is 20.8 Å². The molecule has 0 radical (unpaired) electrons. The molecule has 114 valence electrons. The van der Waals surface area contributed by atoms with Gasteiger partial charge in [-0.25, -0.2) is 0 Å². The second-order valence-electron chi connectivity index (χ2n) is 4.61. The lowest BCUT2D eigenvalue weighted by Gasteiger charge is -2.15. The highest BCUT2D eigenvalue weighted by atomic mass is 16.5. The normalized spacial score (nSPS) is 10.5. The van der Waals surface area contributed by atoms with E-state index in [2.05, 4.69) is 5.10 Å². The van der Waals surface area contributed by atoms with Gasteiger partial charge in [0, 0.05) is 19.7 Å². The van der Waals surface area contributed by atoms with E-state index in [-0.39, 0.29) is 6.61 Å². The van der Waals surface area contributed by atoms with Crippen LogP contribution >= 0.6 is 0 Å². The molecular weight excluding hydrogens is 272 g/mol. The summed E-state index contributed by atoms with van der Waals surface area (Å²) in [7, 11) is 5.00. The van der Waals surface area contributed by atoms with Crippen LogP contribution in [0.5, 0.6) is 17.2 Å². The summed E-state index contributed by atoms with van der Waals surface area (Å²) >= 11 is 0. The number of aliphatic hydroxyl groups is 1. The van der Waals surface area contributed by atoms with E-state index in [9.17, 15) is 5.11 Å². The molecule has 21 heavy (non-hydrogen) atoms. The summed E-state index contributed by atoms with van der Waals surface area (Å²) in [5, 5.41) is 13.4. The van der Waals surface area contributed by atoms with Gasteiger partial charge in [0.1, 0.15) is 0 Å². The van der Waals surface area contributed by atoms with E-state index in [0.29, 0.717) is 29.4 Å². The average molecular weight is 292 g/mol. The number of methoxy groups -OCH3 is 2. The molecule has 1 heterocycles. The summed E-state index contributed by atoms with van der Waals surface area (Å²) in [6.45, 7) is 0.402. The first-order chi connectivity index (χ1) is 10.2. The molecule has 1 N–H and O–H groups in total. The highest BCUT2D eigenvalue weighted by molar-refractivity contribution is 5.53. The number of aryl methyl sites for hydroxylation is 1. The van der Waals surface area contributed by atoms with E-state index in [1.54, 1.807) is 31.0 Å². The Balaban J connectivity index is 2.10. The molecule has 1 aromatic carbocycles. The fraction of sp³-hybridized carbons (Fsp3) is 0.400. The van der Waals surface area contributed by atoms with Crippen molar-refractivity contribution in [2.45, 2.75) is 13.0 Å². The first-order valence-electron chi connectivity index (χ1n) is 6.64. The molecular formula is C15H20N2O4. The van der Waals surface area contributed by atoms with Gasteiger partial charge in [0.2, 0.25) is 5.75 Å². The molecule has 0 aliphatic carbocycles. The molecule has 0 fully saturated rings. The van der Waals surface area contributed by atoms with Crippen molar-refractivity contribution in [3.8, 4) is 17.2 Å². The molecule has 2 aromatic rings. The van der Waals surface area contributed by atoms with Crippen LogP contribution in [0.1, 0.15) is 11.1 Å². The van der Waals surface area contributed by atoms with Crippen LogP contribution in [0.15, 0.2) is 24.5 Å². The Morgan fingerprint density at radius 1 is 1.14 bits per heavy atom. The van der Waals surface area contributed by atoms with Crippen molar-refractivity contribution in [3.05, 3.63) is 35.7 Å². The van der Waals surface area contributed by atoms with Gasteiger partial charge in [-0.2, -0.15) is 5.10 Å². The third kappa shape index (κ3) is 3.66. The lowest BCUT2D eigenvalue weighted by molar-refractivity contribution is 0.267. The van der Waals surface area contributed by atoms with Crippen LogP contribution in [0.25, 0.3) is 0 Å². The van der Waals surface area contributed by atoms with Crippen LogP contribution in [0.4, 0.5) is 0 Å². The number of benzene rings is 1. The number of rotatable bonds is 7. The van der Waals surface area contributed by atoms with E-state index >= 15 is 0 Å². The molecule has 0 spiro atoms. The SMILES string of the molecule is COc1cc(CO)cc(OC)c1OCCc1cnn(C)c1. The van der Waals surface area contributed by atoms with Crippen molar-refractivity contribution < 1.29 is 19.3 Å². The molecule has 0 saturated heterocycles. The summed E-state index contributed by atoms with van der Waals surface area (Å²) in [5.74, 6) is 1.63. The lowest BCUT2D eigenvalue weighted by Crippen LogP contribution is -2.04. The average Bonchev–Trinajstić information content (AvgIpc) is 2.92. The molecule has 0 unspecified atom stereocenters. The van der Waals surface area contributed by atoms with Gasteiger partial charge in [-0.15, -0.1) is 0 Å². The Bertz CT molecular complexity index is 570. The van der Waals surface area contributed by atoms with Crippen LogP contribution in [0.3, 0.4) is 0 Å². The molecule has 1 aromatic heterocycles. The Morgan fingerprint density at radius 2 is 1.81 bits per heavy atom. The number of hydrogen-bond donors (Lipinski definition) is 1. The third-order valence-corrected chi connectivity index (χ3v) is 3.10. The second-order valence-corrected chi connectivity index (χ2v) is 4.61. The zero-order chi connectivity index (χ0) is 15.2. The minimum absolute atomic E-state index is 0.0807. The quantitative estimate of drug-likeness (QED) is 0.838. The van der Waals surface area contributed by atoms with Gasteiger partial charge in [0.05, 0.1) is 33.6 Å². The molecule has 0 aliphatic rings. The zero-order valence-electron chi connectivity index (χ0n) is 12.5. The van der Waals surface area contributed by atoms with Crippen LogP contribution in [-0.4, -0.2) is 35.7 Å². The molecule has 0 saturated carbocycles. The Hall–Kier alpha value is -2.21. The Kier molecular flexibility index (Phi) is 5.05. The predicted octanol–water partition coefficient (Wildman–Crippen LogP) is 1.55. The van der Waals surface area contributed by atoms with Crippen molar-refractivity contribution in [1.29, 1.82) is 0 Å². The van der Waals surface area contributed by atoms with Gasteiger partial charge in [0.15, 0.2) is 11.5 Å². The van der Waals surface area contributed by atoms with Crippen molar-refractivity contribution in [1.82, 2.24) is 9.78 Å². The molecule has 6 heteroatoms. The van der Waals surface area contributed by atoms with Crippen molar-refractivity contribution in [3.63, 3.8) is 0 Å². The summed E-state index contributed by atoms with van der Waals surface area (Å²) < 4.78 is 18.2. The van der Waals surface area contributed by atoms with Crippen LogP contribution in [0.2, 0.25) is 0 Å². The minimum Gasteiger partial charge on any atom is -0.493 e. The Morgan fingerprint density at radius 3 is 2.29 bits per heavy atom. The van der Waals surface area contributed by atoms with Crippen LogP contribution in [-0.2, 0) is 20.1 Å². The maximum atomic E-state index is 9.23. The maximum absolute atomic E-state index is 9.23. The molecule has 2 rings (SSSR count). The number of ether oxygens (including phenoxy) is 3. The summed E-state index contributed by atoms with van der Waals surface area (Å²) in [5.41, 5.74) is 1.81. The van der Waals surface area contributed by atoms with Crippen molar-refractivity contribution >= 4 is 0 Å². The lowest BCUT2D eigenvalue weighted by atomic mass is 10.2. The summed E-state index contributed by atoms with van der Waals surface area (Å²) in [4.78, 5) is 0. The van der Waals surface area contributed by atoms with Gasteiger partial charge < -0.3 is 19.3 Å². The summed E-state index contributed by atoms with van der Waals surface area (Å²) in [6.07, 6.45) is 4.50. The largest absolute Gasteiger partial charge is 0.493 e. The smallest absolute Gasteiger partial charge is 0.203 e. The van der Waals surface area contributed by atoms with Crippen LogP contribution < -0.4 is 14.2 Å². The number of nitrogens with zero attached hydrogens (tertiary/aromatic N) is 2. The molecule has 0 atom stereocenters. The van der Waals surface area contributed by atoms with Gasteiger partial charge in [-0.3, -0.25) is 4.68 Å². The molecule has 0 aliphatic heterocycles. The van der Waals surface area contributed by atoms with E-state index in [4.69, 9.17) is 14.2 Å². The van der Waals surface area contributed by atoms with Gasteiger partial charge in [-0.1, -0.05) is 0 Å². The van der Waals surface area contributed by atoms with E-state index in [1.807, 2.05) is 19.4 Å². The first-order valence-corrected chi connectivity index (χ1v) is 6.64. The fourth-order valence-electron chi connectivity index (χ4n) is 2.04. The number of aromatic nitrogens is 2. The highest BCUT2D eigenvalue weighted by Crippen LogP contribution is 2.38. The highest BCUT2D eigenvalue weighted by Gasteiger charge is 2.14. The molecule has 0 bridgehead atoms. The minimum atomic E-state index is -0.0807. The van der Waals surface area contributed by atoms with Crippen molar-refractivity contribution in [2.24, 2.45) is 7.05 Å². The van der Waals surface area contributed by atoms with Gasteiger partial charge >= 0.3 is 0 Å². The van der Waals surface area contributed by atoms with Crippen LogP contribution in [0, 0.1) is 0 Å². The van der Waals surface area contributed by atoms with Gasteiger partial charge in [0.25, 0.3) is 0 Å². The number of aliphatic hydroxyl groups excluding tert-OH is 1. The second kappa shape index (κ2) is 6.99. The van der Waals surface area contributed by atoms with E-state index < -0.39 is 0 Å². The van der Waals surface area contributed by atoms with Gasteiger partial charge in [-0.05, 0) is 23.3 Å². The molecule has 6 nitrogen and oxygen atoms in total. The monoisotopic (exact) mass is 292 g/mol. The third-order valence-electron chi connectivity index (χ3n) is 3.10. The van der Waals surface area contributed by atoms with E-state index in [1.165, 1.54) is 0 Å². The Labute approximate surface area is 123 Å². The predicted molar refractivity (Wildman–Crippen MR) is 77.9 cm³/mol.